The Morgan fingerprint density at radius 1 is 1.18 bits per heavy atom. The molecule has 0 aromatic heterocycles. The molecule has 178 valence electrons. The second kappa shape index (κ2) is 7.43. The molecule has 9 nitrogen and oxygen atoms in total. The number of nitrogens with zero attached hydrogens (tertiary/aromatic N) is 1. The molecule has 1 aromatic rings. The van der Waals surface area contributed by atoms with Gasteiger partial charge < -0.3 is 39.4 Å². The molecule has 0 amide bonds. The van der Waals surface area contributed by atoms with Crippen LogP contribution in [-0.4, -0.2) is 89.6 Å². The highest BCUT2D eigenvalue weighted by molar-refractivity contribution is 5.67. The van der Waals surface area contributed by atoms with Gasteiger partial charge in [-0.3, -0.25) is 4.90 Å². The van der Waals surface area contributed by atoms with Crippen molar-refractivity contribution in [2.45, 2.75) is 55.2 Å². The van der Waals surface area contributed by atoms with Crippen molar-refractivity contribution >= 4 is 0 Å². The van der Waals surface area contributed by atoms with Crippen molar-refractivity contribution in [2.24, 2.45) is 5.92 Å². The number of benzene rings is 1. The van der Waals surface area contributed by atoms with Crippen LogP contribution in [0.1, 0.15) is 17.5 Å². The Morgan fingerprint density at radius 2 is 2.00 bits per heavy atom. The Morgan fingerprint density at radius 3 is 2.76 bits per heavy atom. The number of likely N-dealkylation sites (N-methyl/N-ethyl adjacent to an activating group) is 1. The highest BCUT2D eigenvalue weighted by atomic mass is 16.7. The van der Waals surface area contributed by atoms with Crippen LogP contribution in [-0.2, 0) is 21.3 Å². The summed E-state index contributed by atoms with van der Waals surface area (Å²) in [6, 6.07) is 4.13. The molecule has 2 fully saturated rings. The van der Waals surface area contributed by atoms with Crippen molar-refractivity contribution in [3.8, 4) is 11.5 Å². The number of methoxy groups -OCH3 is 1. The van der Waals surface area contributed by atoms with Gasteiger partial charge in [-0.1, -0.05) is 12.1 Å². The minimum Gasteiger partial charge on any atom is -0.497 e. The minimum absolute atomic E-state index is 0.289. The fourth-order valence-electron chi connectivity index (χ4n) is 6.37. The summed E-state index contributed by atoms with van der Waals surface area (Å²) in [5.41, 5.74) is 3.28. The minimum atomic E-state index is -1.63. The van der Waals surface area contributed by atoms with Crippen LogP contribution in [0, 0.1) is 5.92 Å². The molecule has 6 rings (SSSR count). The molecular weight excluding hydrogens is 430 g/mol. The normalized spacial score (nSPS) is 41.0. The fraction of sp³-hybridized carbons (Fsp3) is 0.583. The molecule has 2 aliphatic carbocycles. The Balaban J connectivity index is 1.44. The van der Waals surface area contributed by atoms with E-state index >= 15 is 0 Å². The number of rotatable bonds is 4. The number of allylic oxidation sites excluding steroid dienone is 2. The van der Waals surface area contributed by atoms with E-state index in [-0.39, 0.29) is 17.6 Å². The lowest BCUT2D eigenvalue weighted by molar-refractivity contribution is -0.312. The lowest BCUT2D eigenvalue weighted by Crippen LogP contribution is -2.58. The maximum atomic E-state index is 10.3. The fourth-order valence-corrected chi connectivity index (χ4v) is 6.37. The average molecular weight is 459 g/mol. The van der Waals surface area contributed by atoms with Gasteiger partial charge in [-0.25, -0.2) is 0 Å². The van der Waals surface area contributed by atoms with Crippen molar-refractivity contribution in [1.29, 1.82) is 0 Å². The summed E-state index contributed by atoms with van der Waals surface area (Å²) in [6.07, 6.45) is -0.133. The van der Waals surface area contributed by atoms with E-state index in [4.69, 9.17) is 18.9 Å². The van der Waals surface area contributed by atoms with Gasteiger partial charge in [0.05, 0.1) is 31.2 Å². The second-order valence-corrected chi connectivity index (χ2v) is 9.58. The number of hydrogen-bond donors (Lipinski definition) is 4. The molecule has 3 aliphatic heterocycles. The molecule has 2 unspecified atom stereocenters. The highest BCUT2D eigenvalue weighted by Crippen LogP contribution is 2.62. The predicted octanol–water partition coefficient (Wildman–Crippen LogP) is -0.200. The number of hydrogen-bond acceptors (Lipinski definition) is 9. The van der Waals surface area contributed by atoms with Crippen molar-refractivity contribution in [2.75, 3.05) is 27.3 Å². The summed E-state index contributed by atoms with van der Waals surface area (Å²) in [6.45, 7) is 0.443. The lowest BCUT2D eigenvalue weighted by atomic mass is 9.57. The monoisotopic (exact) mass is 459 g/mol. The van der Waals surface area contributed by atoms with Crippen molar-refractivity contribution in [3.63, 3.8) is 0 Å². The maximum Gasteiger partial charge on any atom is 0.210 e. The number of aliphatic hydroxyl groups excluding tert-OH is 4. The largest absolute Gasteiger partial charge is 0.497 e. The molecule has 9 heteroatoms. The topological polar surface area (TPSA) is 121 Å². The number of ether oxygens (including phenoxy) is 4. The zero-order valence-corrected chi connectivity index (χ0v) is 18.5. The molecule has 0 radical (unpaired) electrons. The molecule has 0 saturated carbocycles. The molecule has 5 aliphatic rings. The highest BCUT2D eigenvalue weighted by Gasteiger charge is 2.62. The Hall–Kier alpha value is -2.14. The zero-order valence-electron chi connectivity index (χ0n) is 18.5. The van der Waals surface area contributed by atoms with E-state index in [1.54, 1.807) is 7.11 Å². The van der Waals surface area contributed by atoms with Crippen LogP contribution in [0.3, 0.4) is 0 Å². The van der Waals surface area contributed by atoms with Gasteiger partial charge in [0, 0.05) is 11.6 Å². The van der Waals surface area contributed by atoms with Crippen molar-refractivity contribution in [1.82, 2.24) is 4.90 Å². The molecule has 2 saturated heterocycles. The molecule has 8 atom stereocenters. The Kier molecular flexibility index (Phi) is 4.82. The van der Waals surface area contributed by atoms with Crippen molar-refractivity contribution < 1.29 is 39.4 Å². The third-order valence-electron chi connectivity index (χ3n) is 8.09. The molecule has 1 aromatic carbocycles. The van der Waals surface area contributed by atoms with Crippen LogP contribution in [0.25, 0.3) is 0 Å². The first-order valence-corrected chi connectivity index (χ1v) is 11.4. The van der Waals surface area contributed by atoms with Crippen LogP contribution in [0.15, 0.2) is 35.6 Å². The van der Waals surface area contributed by atoms with Gasteiger partial charge in [-0.05, 0) is 49.7 Å². The summed E-state index contributed by atoms with van der Waals surface area (Å²) < 4.78 is 23.8. The standard InChI is InChI=1S/C24H29NO8/c1-25-8-7-24-13-4-6-16(30-2)21(24)32-20-15(5-3-11(17(20)24)9-14(13)25)31-23-12(10-26)18(27)19(28)22(29)33-23/h3-6,12,14,18-19,21-23,26-29H,7-10H2,1-2H3/t12-,14?,18-,19?,21+,22+,23+,24+/m1/s1. The second-order valence-electron chi connectivity index (χ2n) is 9.58. The van der Waals surface area contributed by atoms with E-state index in [9.17, 15) is 20.4 Å². The first-order valence-electron chi connectivity index (χ1n) is 11.4. The van der Waals surface area contributed by atoms with Gasteiger partial charge in [0.15, 0.2) is 23.9 Å². The summed E-state index contributed by atoms with van der Waals surface area (Å²) in [7, 11) is 3.81. The van der Waals surface area contributed by atoms with Crippen LogP contribution in [0.4, 0.5) is 0 Å². The smallest absolute Gasteiger partial charge is 0.210 e. The number of likely N-dealkylation sites (tertiary alicyclic amines) is 1. The van der Waals surface area contributed by atoms with E-state index in [0.29, 0.717) is 11.5 Å². The van der Waals surface area contributed by atoms with E-state index in [0.717, 1.165) is 30.7 Å². The van der Waals surface area contributed by atoms with Crippen LogP contribution in [0.5, 0.6) is 11.5 Å². The quantitative estimate of drug-likeness (QED) is 0.485. The van der Waals surface area contributed by atoms with E-state index in [1.807, 2.05) is 18.2 Å². The van der Waals surface area contributed by atoms with E-state index in [1.165, 1.54) is 11.1 Å². The SMILES string of the molecule is COC1=CC=C2C3Cc4ccc(O[C@H]5O[C@H](O)C(O)[C@H](O)[C@H]5CO)c5c4[C@@]2(CCN3C)[C@H]1O5. The zero-order chi connectivity index (χ0) is 23.1. The Labute approximate surface area is 191 Å². The van der Waals surface area contributed by atoms with Gasteiger partial charge in [0.1, 0.15) is 11.9 Å². The summed E-state index contributed by atoms with van der Waals surface area (Å²) in [5, 5.41) is 40.0. The number of piperidine rings is 1. The van der Waals surface area contributed by atoms with Crippen LogP contribution >= 0.6 is 0 Å². The third-order valence-corrected chi connectivity index (χ3v) is 8.09. The van der Waals surface area contributed by atoms with Crippen molar-refractivity contribution in [3.05, 3.63) is 46.7 Å². The first kappa shape index (κ1) is 21.4. The lowest BCUT2D eigenvalue weighted by Gasteiger charge is -2.52. The first-order chi connectivity index (χ1) is 15.9. The summed E-state index contributed by atoms with van der Waals surface area (Å²) >= 11 is 0. The number of aliphatic hydroxyl groups is 4. The molecule has 2 bridgehead atoms. The van der Waals surface area contributed by atoms with E-state index < -0.39 is 37.3 Å². The van der Waals surface area contributed by atoms with Gasteiger partial charge >= 0.3 is 0 Å². The molecule has 4 N–H and O–H groups in total. The summed E-state index contributed by atoms with van der Waals surface area (Å²) in [5.74, 6) is 0.829. The van der Waals surface area contributed by atoms with Gasteiger partial charge in [0.2, 0.25) is 6.29 Å². The Bertz CT molecular complexity index is 1040. The van der Waals surface area contributed by atoms with Crippen LogP contribution < -0.4 is 9.47 Å². The average Bonchev–Trinajstić information content (AvgIpc) is 3.16. The predicted molar refractivity (Wildman–Crippen MR) is 115 cm³/mol. The molecular formula is C24H29NO8. The van der Waals surface area contributed by atoms with Gasteiger partial charge in [-0.15, -0.1) is 0 Å². The summed E-state index contributed by atoms with van der Waals surface area (Å²) in [4.78, 5) is 2.39. The van der Waals surface area contributed by atoms with E-state index in [2.05, 4.69) is 18.0 Å². The van der Waals surface area contributed by atoms with Gasteiger partial charge in [-0.2, -0.15) is 0 Å². The molecule has 3 heterocycles. The van der Waals surface area contributed by atoms with Crippen LogP contribution in [0.2, 0.25) is 0 Å². The molecule has 33 heavy (non-hydrogen) atoms. The van der Waals surface area contributed by atoms with Gasteiger partial charge in [0.25, 0.3) is 0 Å². The maximum absolute atomic E-state index is 10.3. The molecule has 1 spiro atoms. The third kappa shape index (κ3) is 2.75.